The molecule has 0 fully saturated rings. The van der Waals surface area contributed by atoms with Gasteiger partial charge in [0.25, 0.3) is 0 Å². The second-order valence-corrected chi connectivity index (χ2v) is 8.51. The lowest BCUT2D eigenvalue weighted by molar-refractivity contribution is -0.115. The number of nitrogens with one attached hydrogen (secondary N) is 1. The smallest absolute Gasteiger partial charge is 0.237 e. The summed E-state index contributed by atoms with van der Waals surface area (Å²) in [5, 5.41) is 6.49. The van der Waals surface area contributed by atoms with E-state index in [2.05, 4.69) is 32.8 Å². The van der Waals surface area contributed by atoms with Gasteiger partial charge in [-0.3, -0.25) is 4.79 Å². The number of nitrogens with zero attached hydrogens (tertiary/aromatic N) is 2. The molecule has 2 aromatic heterocycles. The molecule has 0 spiro atoms. The summed E-state index contributed by atoms with van der Waals surface area (Å²) in [7, 11) is 1.59. The first kappa shape index (κ1) is 19.4. The fraction of sp³-hybridized carbons (Fsp3) is 0.136. The number of para-hydroxylation sites is 2. The Bertz CT molecular complexity index is 1150. The van der Waals surface area contributed by atoms with Gasteiger partial charge >= 0.3 is 0 Å². The quantitative estimate of drug-likeness (QED) is 0.330. The Morgan fingerprint density at radius 3 is 2.66 bits per heavy atom. The molecule has 0 saturated heterocycles. The number of carbonyl (C=O) groups is 1. The molecule has 7 heteroatoms. The maximum atomic E-state index is 12.8. The van der Waals surface area contributed by atoms with Crippen LogP contribution < -0.4 is 10.1 Å². The number of hydrogen-bond donors (Lipinski definition) is 1. The van der Waals surface area contributed by atoms with Gasteiger partial charge in [0.15, 0.2) is 0 Å². The summed E-state index contributed by atoms with van der Waals surface area (Å²) in [5.74, 6) is 0.523. The van der Waals surface area contributed by atoms with Crippen LogP contribution in [0.3, 0.4) is 0 Å². The highest BCUT2D eigenvalue weighted by Gasteiger charge is 2.20. The summed E-state index contributed by atoms with van der Waals surface area (Å²) in [6.07, 6.45) is 1.56. The Labute approximate surface area is 177 Å². The molecule has 2 aromatic carbocycles. The number of benzene rings is 2. The van der Waals surface area contributed by atoms with E-state index in [-0.39, 0.29) is 11.2 Å². The molecule has 0 aliphatic rings. The molecule has 1 atom stereocenters. The van der Waals surface area contributed by atoms with Crippen molar-refractivity contribution < 1.29 is 9.53 Å². The molecule has 2 heterocycles. The Morgan fingerprint density at radius 2 is 1.86 bits per heavy atom. The normalized spacial score (nSPS) is 11.9. The van der Waals surface area contributed by atoms with Gasteiger partial charge in [0.1, 0.15) is 21.9 Å². The van der Waals surface area contributed by atoms with Crippen LogP contribution in [0, 0.1) is 0 Å². The highest BCUT2D eigenvalue weighted by atomic mass is 32.2. The third kappa shape index (κ3) is 4.11. The average molecular weight is 422 g/mol. The van der Waals surface area contributed by atoms with Crippen LogP contribution in [0.5, 0.6) is 5.75 Å². The van der Waals surface area contributed by atoms with Gasteiger partial charge in [0.05, 0.1) is 23.4 Å². The molecule has 0 aliphatic carbocycles. The van der Waals surface area contributed by atoms with Crippen molar-refractivity contribution in [3.05, 3.63) is 66.3 Å². The molecule has 4 rings (SSSR count). The van der Waals surface area contributed by atoms with Crippen LogP contribution in [0.2, 0.25) is 0 Å². The largest absolute Gasteiger partial charge is 0.495 e. The topological polar surface area (TPSA) is 64.1 Å². The first-order valence-corrected chi connectivity index (χ1v) is 10.8. The van der Waals surface area contributed by atoms with E-state index in [0.717, 1.165) is 26.4 Å². The number of carbonyl (C=O) groups excluding carboxylic acids is 1. The first-order chi connectivity index (χ1) is 14.2. The predicted octanol–water partition coefficient (Wildman–Crippen LogP) is 5.49. The highest BCUT2D eigenvalue weighted by molar-refractivity contribution is 8.00. The van der Waals surface area contributed by atoms with Gasteiger partial charge in [-0.05, 0) is 24.6 Å². The van der Waals surface area contributed by atoms with Crippen molar-refractivity contribution in [2.45, 2.75) is 17.2 Å². The lowest BCUT2D eigenvalue weighted by Gasteiger charge is -2.14. The second-order valence-electron chi connectivity index (χ2n) is 6.32. The van der Waals surface area contributed by atoms with Crippen molar-refractivity contribution in [1.29, 1.82) is 0 Å². The van der Waals surface area contributed by atoms with E-state index in [1.807, 2.05) is 49.4 Å². The van der Waals surface area contributed by atoms with E-state index in [1.54, 1.807) is 24.8 Å². The molecule has 1 amide bonds. The number of amides is 1. The van der Waals surface area contributed by atoms with Crippen molar-refractivity contribution in [3.63, 3.8) is 0 Å². The number of thiophene rings is 1. The van der Waals surface area contributed by atoms with Crippen LogP contribution in [0.4, 0.5) is 5.69 Å². The van der Waals surface area contributed by atoms with Crippen molar-refractivity contribution in [1.82, 2.24) is 9.97 Å². The standard InChI is InChI=1S/C22H19N3O2S2/c1-14(20(26)25-17-10-6-7-11-18(17)27-2)29-22-19-16(15-8-4-3-5-9-15)12-28-21(19)23-13-24-22/h3-14H,1-2H3,(H,25,26). The SMILES string of the molecule is COc1ccccc1NC(=O)C(C)Sc1ncnc2scc(-c3ccccc3)c12. The number of methoxy groups -OCH3 is 1. The maximum absolute atomic E-state index is 12.8. The van der Waals surface area contributed by atoms with E-state index in [9.17, 15) is 4.79 Å². The molecule has 0 bridgehead atoms. The van der Waals surface area contributed by atoms with Crippen LogP contribution in [-0.4, -0.2) is 28.2 Å². The van der Waals surface area contributed by atoms with Gasteiger partial charge < -0.3 is 10.1 Å². The third-order valence-corrected chi connectivity index (χ3v) is 6.43. The summed E-state index contributed by atoms with van der Waals surface area (Å²) < 4.78 is 5.32. The molecule has 1 N–H and O–H groups in total. The Hall–Kier alpha value is -2.90. The Morgan fingerprint density at radius 1 is 1.10 bits per heavy atom. The number of rotatable bonds is 6. The van der Waals surface area contributed by atoms with E-state index in [0.29, 0.717) is 11.4 Å². The van der Waals surface area contributed by atoms with Crippen LogP contribution >= 0.6 is 23.1 Å². The zero-order valence-corrected chi connectivity index (χ0v) is 17.6. The number of ether oxygens (including phenoxy) is 1. The molecule has 4 aromatic rings. The van der Waals surface area contributed by atoms with Crippen LogP contribution in [-0.2, 0) is 4.79 Å². The summed E-state index contributed by atoms with van der Waals surface area (Å²) >= 11 is 3.01. The highest BCUT2D eigenvalue weighted by Crippen LogP contribution is 2.39. The summed E-state index contributed by atoms with van der Waals surface area (Å²) in [5.41, 5.74) is 2.85. The minimum absolute atomic E-state index is 0.109. The monoisotopic (exact) mass is 421 g/mol. The zero-order chi connectivity index (χ0) is 20.2. The van der Waals surface area contributed by atoms with Gasteiger partial charge in [-0.25, -0.2) is 9.97 Å². The van der Waals surface area contributed by atoms with E-state index >= 15 is 0 Å². The average Bonchev–Trinajstić information content (AvgIpc) is 3.20. The van der Waals surface area contributed by atoms with Crippen molar-refractivity contribution in [3.8, 4) is 16.9 Å². The first-order valence-electron chi connectivity index (χ1n) is 9.05. The number of hydrogen-bond acceptors (Lipinski definition) is 6. The van der Waals surface area contributed by atoms with Gasteiger partial charge in [-0.1, -0.05) is 54.2 Å². The summed E-state index contributed by atoms with van der Waals surface area (Å²) in [6, 6.07) is 17.5. The molecule has 5 nitrogen and oxygen atoms in total. The molecule has 146 valence electrons. The Kier molecular flexibility index (Phi) is 5.78. The fourth-order valence-electron chi connectivity index (χ4n) is 2.97. The number of thioether (sulfide) groups is 1. The van der Waals surface area contributed by atoms with Gasteiger partial charge in [0, 0.05) is 10.9 Å². The minimum Gasteiger partial charge on any atom is -0.495 e. The van der Waals surface area contributed by atoms with E-state index in [4.69, 9.17) is 4.74 Å². The predicted molar refractivity (Wildman–Crippen MR) is 120 cm³/mol. The minimum atomic E-state index is -0.346. The van der Waals surface area contributed by atoms with Crippen LogP contribution in [0.1, 0.15) is 6.92 Å². The molecule has 29 heavy (non-hydrogen) atoms. The van der Waals surface area contributed by atoms with Gasteiger partial charge in [-0.2, -0.15) is 0 Å². The molecular formula is C22H19N3O2S2. The molecule has 1 unspecified atom stereocenters. The fourth-order valence-corrected chi connectivity index (χ4v) is 4.88. The second kappa shape index (κ2) is 8.63. The molecule has 0 aliphatic heterocycles. The third-order valence-electron chi connectivity index (χ3n) is 4.44. The van der Waals surface area contributed by atoms with Crippen molar-refractivity contribution in [2.75, 3.05) is 12.4 Å². The lowest BCUT2D eigenvalue weighted by Crippen LogP contribution is -2.22. The van der Waals surface area contributed by atoms with E-state index < -0.39 is 0 Å². The van der Waals surface area contributed by atoms with Gasteiger partial charge in [0.2, 0.25) is 5.91 Å². The lowest BCUT2D eigenvalue weighted by atomic mass is 10.1. The Balaban J connectivity index is 1.60. The van der Waals surface area contributed by atoms with Crippen molar-refractivity contribution >= 4 is 44.9 Å². The number of fused-ring (bicyclic) bond motifs is 1. The van der Waals surface area contributed by atoms with Crippen LogP contribution in [0.25, 0.3) is 21.3 Å². The molecular weight excluding hydrogens is 402 g/mol. The maximum Gasteiger partial charge on any atom is 0.237 e. The molecule has 0 radical (unpaired) electrons. The van der Waals surface area contributed by atoms with Crippen molar-refractivity contribution in [2.24, 2.45) is 0 Å². The summed E-state index contributed by atoms with van der Waals surface area (Å²) in [6.45, 7) is 1.87. The summed E-state index contributed by atoms with van der Waals surface area (Å²) in [4.78, 5) is 22.6. The zero-order valence-electron chi connectivity index (χ0n) is 16.0. The van der Waals surface area contributed by atoms with E-state index in [1.165, 1.54) is 11.8 Å². The van der Waals surface area contributed by atoms with Crippen LogP contribution in [0.15, 0.2) is 71.3 Å². The number of anilines is 1. The van der Waals surface area contributed by atoms with Gasteiger partial charge in [-0.15, -0.1) is 11.3 Å². The number of aromatic nitrogens is 2. The molecule has 0 saturated carbocycles.